The molecule has 0 radical (unpaired) electrons. The summed E-state index contributed by atoms with van der Waals surface area (Å²) in [7, 11) is 0. The lowest BCUT2D eigenvalue weighted by Gasteiger charge is -2.00. The number of hydrogen-bond donors (Lipinski definition) is 1. The Hall–Kier alpha value is -4.11. The van der Waals surface area contributed by atoms with E-state index in [1.807, 2.05) is 66.7 Å². The highest BCUT2D eigenvalue weighted by Gasteiger charge is 2.16. The van der Waals surface area contributed by atoms with Crippen LogP contribution in [0.15, 0.2) is 76.9 Å². The predicted octanol–water partition coefficient (Wildman–Crippen LogP) is 3.74. The van der Waals surface area contributed by atoms with Gasteiger partial charge < -0.3 is 10.2 Å². The average molecular weight is 368 g/mol. The second-order valence-electron chi connectivity index (χ2n) is 6.30. The highest BCUT2D eigenvalue weighted by atomic mass is 16.3. The highest BCUT2D eigenvalue weighted by Crippen LogP contribution is 2.30. The van der Waals surface area contributed by atoms with Crippen molar-refractivity contribution in [3.05, 3.63) is 83.6 Å². The van der Waals surface area contributed by atoms with E-state index in [4.69, 9.17) is 10.2 Å². The number of aromatic nitrogens is 2. The van der Waals surface area contributed by atoms with Crippen molar-refractivity contribution in [1.82, 2.24) is 9.78 Å². The van der Waals surface area contributed by atoms with Gasteiger partial charge in [0.1, 0.15) is 22.9 Å². The molecule has 28 heavy (non-hydrogen) atoms. The molecule has 1 amide bonds. The Bertz CT molecular complexity index is 1190. The quantitative estimate of drug-likeness (QED) is 0.428. The summed E-state index contributed by atoms with van der Waals surface area (Å²) in [6, 6.07) is 21.2. The standard InChI is InChI=1S/C22H16N4O2/c23-12-17(22(24)27)10-18-14-26(13-15-6-2-1-3-7-15)25-21(18)20-11-16-8-4-5-9-19(16)28-20/h1-11,14H,13H2,(H2,24,27). The van der Waals surface area contributed by atoms with Crippen molar-refractivity contribution in [1.29, 1.82) is 5.26 Å². The van der Waals surface area contributed by atoms with Gasteiger partial charge in [0.15, 0.2) is 5.76 Å². The maximum absolute atomic E-state index is 11.5. The Balaban J connectivity index is 1.82. The van der Waals surface area contributed by atoms with Crippen molar-refractivity contribution in [2.75, 3.05) is 0 Å². The second-order valence-corrected chi connectivity index (χ2v) is 6.30. The van der Waals surface area contributed by atoms with Crippen LogP contribution in [0, 0.1) is 11.3 Å². The van der Waals surface area contributed by atoms with Gasteiger partial charge in [-0.3, -0.25) is 9.48 Å². The number of furan rings is 1. The molecule has 0 unspecified atom stereocenters. The van der Waals surface area contributed by atoms with E-state index in [9.17, 15) is 10.1 Å². The van der Waals surface area contributed by atoms with Gasteiger partial charge in [0, 0.05) is 17.1 Å². The number of benzene rings is 2. The number of rotatable bonds is 5. The third-order valence-corrected chi connectivity index (χ3v) is 4.32. The van der Waals surface area contributed by atoms with E-state index >= 15 is 0 Å². The Morgan fingerprint density at radius 2 is 1.93 bits per heavy atom. The van der Waals surface area contributed by atoms with E-state index < -0.39 is 5.91 Å². The summed E-state index contributed by atoms with van der Waals surface area (Å²) >= 11 is 0. The van der Waals surface area contributed by atoms with Crippen LogP contribution in [-0.2, 0) is 11.3 Å². The fourth-order valence-electron chi connectivity index (χ4n) is 3.00. The zero-order chi connectivity index (χ0) is 19.5. The zero-order valence-corrected chi connectivity index (χ0v) is 14.9. The molecule has 2 heterocycles. The van der Waals surface area contributed by atoms with Crippen molar-refractivity contribution >= 4 is 23.0 Å². The molecule has 0 aliphatic heterocycles. The Kier molecular flexibility index (Phi) is 4.48. The van der Waals surface area contributed by atoms with Gasteiger partial charge in [-0.05, 0) is 23.8 Å². The van der Waals surface area contributed by atoms with Gasteiger partial charge in [0.25, 0.3) is 5.91 Å². The molecule has 0 spiro atoms. The van der Waals surface area contributed by atoms with Crippen molar-refractivity contribution in [3.63, 3.8) is 0 Å². The maximum atomic E-state index is 11.5. The van der Waals surface area contributed by atoms with Crippen LogP contribution in [0.3, 0.4) is 0 Å². The number of nitrogens with zero attached hydrogens (tertiary/aromatic N) is 3. The van der Waals surface area contributed by atoms with E-state index in [1.165, 1.54) is 6.08 Å². The van der Waals surface area contributed by atoms with Crippen LogP contribution in [-0.4, -0.2) is 15.7 Å². The molecular formula is C22H16N4O2. The molecule has 136 valence electrons. The number of primary amides is 1. The minimum absolute atomic E-state index is 0.142. The number of nitriles is 1. The summed E-state index contributed by atoms with van der Waals surface area (Å²) in [4.78, 5) is 11.5. The van der Waals surface area contributed by atoms with Crippen molar-refractivity contribution in [2.24, 2.45) is 5.73 Å². The second kappa shape index (κ2) is 7.25. The summed E-state index contributed by atoms with van der Waals surface area (Å²) in [5.74, 6) is -0.227. The number of fused-ring (bicyclic) bond motifs is 1. The number of nitrogens with two attached hydrogens (primary N) is 1. The monoisotopic (exact) mass is 368 g/mol. The number of para-hydroxylation sites is 1. The smallest absolute Gasteiger partial charge is 0.259 e. The zero-order valence-electron chi connectivity index (χ0n) is 14.9. The highest BCUT2D eigenvalue weighted by molar-refractivity contribution is 6.01. The summed E-state index contributed by atoms with van der Waals surface area (Å²) in [6.07, 6.45) is 3.22. The summed E-state index contributed by atoms with van der Waals surface area (Å²) < 4.78 is 7.68. The van der Waals surface area contributed by atoms with Crippen LogP contribution < -0.4 is 5.73 Å². The molecule has 4 aromatic rings. The number of hydrogen-bond acceptors (Lipinski definition) is 4. The molecule has 0 atom stereocenters. The molecule has 0 saturated heterocycles. The summed E-state index contributed by atoms with van der Waals surface area (Å²) in [6.45, 7) is 0.542. The van der Waals surface area contributed by atoms with E-state index in [2.05, 4.69) is 5.10 Å². The summed E-state index contributed by atoms with van der Waals surface area (Å²) in [5.41, 5.74) is 8.10. The average Bonchev–Trinajstić information content (AvgIpc) is 3.30. The van der Waals surface area contributed by atoms with Gasteiger partial charge in [-0.1, -0.05) is 48.5 Å². The van der Waals surface area contributed by atoms with Crippen LogP contribution in [0.4, 0.5) is 0 Å². The van der Waals surface area contributed by atoms with E-state index in [0.717, 1.165) is 16.5 Å². The van der Waals surface area contributed by atoms with Crippen molar-refractivity contribution in [3.8, 4) is 17.5 Å². The predicted molar refractivity (Wildman–Crippen MR) is 106 cm³/mol. The topological polar surface area (TPSA) is 97.8 Å². The van der Waals surface area contributed by atoms with Gasteiger partial charge in [0.2, 0.25) is 0 Å². The Morgan fingerprint density at radius 3 is 2.64 bits per heavy atom. The van der Waals surface area contributed by atoms with E-state index in [-0.39, 0.29) is 5.57 Å². The lowest BCUT2D eigenvalue weighted by atomic mass is 10.1. The summed E-state index contributed by atoms with van der Waals surface area (Å²) in [5, 5.41) is 14.8. The molecule has 2 aromatic heterocycles. The van der Waals surface area contributed by atoms with Crippen LogP contribution in [0.2, 0.25) is 0 Å². The van der Waals surface area contributed by atoms with Crippen LogP contribution >= 0.6 is 0 Å². The van der Waals surface area contributed by atoms with Crippen LogP contribution in [0.25, 0.3) is 28.5 Å². The normalized spacial score (nSPS) is 11.5. The Morgan fingerprint density at radius 1 is 1.18 bits per heavy atom. The minimum Gasteiger partial charge on any atom is -0.454 e. The molecule has 4 rings (SSSR count). The third kappa shape index (κ3) is 3.41. The van der Waals surface area contributed by atoms with Gasteiger partial charge in [-0.15, -0.1) is 0 Å². The lowest BCUT2D eigenvalue weighted by molar-refractivity contribution is -0.114. The number of carbonyl (C=O) groups is 1. The van der Waals surface area contributed by atoms with E-state index in [1.54, 1.807) is 10.9 Å². The SMILES string of the molecule is N#CC(=Cc1cn(Cc2ccccc2)nc1-c1cc2ccccc2o1)C(N)=O. The first-order valence-electron chi connectivity index (χ1n) is 8.66. The first kappa shape index (κ1) is 17.3. The maximum Gasteiger partial charge on any atom is 0.259 e. The van der Waals surface area contributed by atoms with E-state index in [0.29, 0.717) is 23.6 Å². The van der Waals surface area contributed by atoms with Gasteiger partial charge in [-0.25, -0.2) is 0 Å². The van der Waals surface area contributed by atoms with Crippen LogP contribution in [0.1, 0.15) is 11.1 Å². The first-order chi connectivity index (χ1) is 13.6. The molecular weight excluding hydrogens is 352 g/mol. The Labute approximate surface area is 161 Å². The fraction of sp³-hybridized carbons (Fsp3) is 0.0455. The van der Waals surface area contributed by atoms with Gasteiger partial charge in [-0.2, -0.15) is 10.4 Å². The van der Waals surface area contributed by atoms with Crippen LogP contribution in [0.5, 0.6) is 0 Å². The molecule has 6 heteroatoms. The molecule has 0 aliphatic carbocycles. The third-order valence-electron chi connectivity index (χ3n) is 4.32. The number of carbonyl (C=O) groups excluding carboxylic acids is 1. The fourth-order valence-corrected chi connectivity index (χ4v) is 3.00. The lowest BCUT2D eigenvalue weighted by Crippen LogP contribution is -2.12. The van der Waals surface area contributed by atoms with Crippen molar-refractivity contribution < 1.29 is 9.21 Å². The molecule has 0 saturated carbocycles. The molecule has 0 fully saturated rings. The molecule has 2 aromatic carbocycles. The van der Waals surface area contributed by atoms with Crippen molar-refractivity contribution in [2.45, 2.75) is 6.54 Å². The molecule has 0 aliphatic rings. The molecule has 2 N–H and O–H groups in total. The molecule has 0 bridgehead atoms. The largest absolute Gasteiger partial charge is 0.454 e. The first-order valence-corrected chi connectivity index (χ1v) is 8.66. The number of amides is 1. The molecule has 6 nitrogen and oxygen atoms in total. The minimum atomic E-state index is -0.783. The van der Waals surface area contributed by atoms with Gasteiger partial charge in [0.05, 0.1) is 6.54 Å². The van der Waals surface area contributed by atoms with Gasteiger partial charge >= 0.3 is 0 Å².